The Kier molecular flexibility index (Phi) is 1.60. The van der Waals surface area contributed by atoms with Crippen molar-refractivity contribution < 1.29 is 8.83 Å². The highest BCUT2D eigenvalue weighted by molar-refractivity contribution is 5.98. The van der Waals surface area contributed by atoms with E-state index in [-0.39, 0.29) is 5.54 Å². The second-order valence-corrected chi connectivity index (χ2v) is 4.93. The second kappa shape index (κ2) is 2.93. The Labute approximate surface area is 98.2 Å². The lowest BCUT2D eigenvalue weighted by atomic mass is 9.71. The van der Waals surface area contributed by atoms with E-state index in [2.05, 4.69) is 0 Å². The summed E-state index contributed by atoms with van der Waals surface area (Å²) in [5.41, 5.74) is 9.17. The van der Waals surface area contributed by atoms with E-state index in [9.17, 15) is 0 Å². The number of hydrogen-bond acceptors (Lipinski definition) is 3. The molecule has 0 bridgehead atoms. The van der Waals surface area contributed by atoms with Crippen molar-refractivity contribution in [2.24, 2.45) is 5.73 Å². The van der Waals surface area contributed by atoms with Crippen LogP contribution in [0.4, 0.5) is 0 Å². The maximum absolute atomic E-state index is 6.47. The molecule has 3 aromatic rings. The highest BCUT2D eigenvalue weighted by atomic mass is 16.3. The predicted octanol–water partition coefficient (Wildman–Crippen LogP) is 3.52. The molecule has 0 spiro atoms. The molecule has 1 aliphatic rings. The Hall–Kier alpha value is -1.74. The summed E-state index contributed by atoms with van der Waals surface area (Å²) in [5.74, 6) is 0. The Morgan fingerprint density at radius 1 is 1.12 bits per heavy atom. The van der Waals surface area contributed by atoms with Gasteiger partial charge in [0.2, 0.25) is 0 Å². The summed E-state index contributed by atoms with van der Waals surface area (Å²) in [6, 6.07) is 5.96. The van der Waals surface area contributed by atoms with Gasteiger partial charge in [0.25, 0.3) is 0 Å². The van der Waals surface area contributed by atoms with Crippen LogP contribution < -0.4 is 5.73 Å². The average Bonchev–Trinajstić information content (AvgIpc) is 2.89. The molecule has 1 fully saturated rings. The Bertz CT molecular complexity index is 654. The van der Waals surface area contributed by atoms with Gasteiger partial charge < -0.3 is 14.6 Å². The van der Waals surface area contributed by atoms with Gasteiger partial charge in [-0.2, -0.15) is 0 Å². The molecule has 86 valence electrons. The SMILES string of the molecule is NC1(c2c3ccoc3cc3ccoc23)CCC1. The zero-order valence-electron chi connectivity index (χ0n) is 9.40. The van der Waals surface area contributed by atoms with Crippen LogP contribution >= 0.6 is 0 Å². The molecular formula is C14H13NO2. The van der Waals surface area contributed by atoms with Crippen molar-refractivity contribution in [2.75, 3.05) is 0 Å². The summed E-state index contributed by atoms with van der Waals surface area (Å²) < 4.78 is 11.1. The first-order valence-electron chi connectivity index (χ1n) is 5.95. The van der Waals surface area contributed by atoms with Crippen molar-refractivity contribution >= 4 is 21.9 Å². The van der Waals surface area contributed by atoms with E-state index < -0.39 is 0 Å². The van der Waals surface area contributed by atoms with Gasteiger partial charge in [-0.25, -0.2) is 0 Å². The molecule has 3 heteroatoms. The summed E-state index contributed by atoms with van der Waals surface area (Å²) >= 11 is 0. The molecule has 3 nitrogen and oxygen atoms in total. The van der Waals surface area contributed by atoms with Gasteiger partial charge in [-0.1, -0.05) is 0 Å². The van der Waals surface area contributed by atoms with Gasteiger partial charge in [0.05, 0.1) is 12.5 Å². The number of benzene rings is 1. The third kappa shape index (κ3) is 1.09. The van der Waals surface area contributed by atoms with Crippen molar-refractivity contribution in [3.05, 3.63) is 36.3 Å². The maximum Gasteiger partial charge on any atom is 0.139 e. The van der Waals surface area contributed by atoms with Crippen LogP contribution in [0.3, 0.4) is 0 Å². The molecule has 0 radical (unpaired) electrons. The lowest BCUT2D eigenvalue weighted by Gasteiger charge is -2.38. The van der Waals surface area contributed by atoms with Crippen molar-refractivity contribution in [1.82, 2.24) is 0 Å². The van der Waals surface area contributed by atoms with E-state index in [0.717, 1.165) is 40.3 Å². The second-order valence-electron chi connectivity index (χ2n) is 4.93. The minimum Gasteiger partial charge on any atom is -0.464 e. The molecule has 17 heavy (non-hydrogen) atoms. The van der Waals surface area contributed by atoms with Crippen LogP contribution in [0.25, 0.3) is 21.9 Å². The minimum atomic E-state index is -0.237. The lowest BCUT2D eigenvalue weighted by molar-refractivity contribution is 0.256. The molecule has 0 aliphatic heterocycles. The van der Waals surface area contributed by atoms with E-state index in [0.29, 0.717) is 0 Å². The normalized spacial score (nSPS) is 18.6. The van der Waals surface area contributed by atoms with Gasteiger partial charge in [0.15, 0.2) is 0 Å². The molecule has 0 amide bonds. The van der Waals surface area contributed by atoms with E-state index in [1.165, 1.54) is 6.42 Å². The van der Waals surface area contributed by atoms with Crippen LogP contribution in [0.1, 0.15) is 24.8 Å². The maximum atomic E-state index is 6.47. The predicted molar refractivity (Wildman–Crippen MR) is 65.7 cm³/mol. The van der Waals surface area contributed by atoms with Gasteiger partial charge in [-0.15, -0.1) is 0 Å². The van der Waals surface area contributed by atoms with Crippen LogP contribution in [-0.4, -0.2) is 0 Å². The molecule has 2 heterocycles. The van der Waals surface area contributed by atoms with Crippen molar-refractivity contribution in [3.63, 3.8) is 0 Å². The molecule has 0 unspecified atom stereocenters. The molecule has 1 aliphatic carbocycles. The fraction of sp³-hybridized carbons (Fsp3) is 0.286. The molecule has 0 saturated heterocycles. The number of hydrogen-bond donors (Lipinski definition) is 1. The van der Waals surface area contributed by atoms with Crippen LogP contribution in [-0.2, 0) is 5.54 Å². The van der Waals surface area contributed by atoms with Gasteiger partial charge in [-0.05, 0) is 37.5 Å². The van der Waals surface area contributed by atoms with Gasteiger partial charge >= 0.3 is 0 Å². The van der Waals surface area contributed by atoms with E-state index in [1.807, 2.05) is 18.2 Å². The van der Waals surface area contributed by atoms with E-state index >= 15 is 0 Å². The van der Waals surface area contributed by atoms with E-state index in [1.54, 1.807) is 12.5 Å². The summed E-state index contributed by atoms with van der Waals surface area (Å²) in [5, 5.41) is 2.16. The number of furan rings is 2. The van der Waals surface area contributed by atoms with Crippen molar-refractivity contribution in [1.29, 1.82) is 0 Å². The fourth-order valence-corrected chi connectivity index (χ4v) is 2.84. The van der Waals surface area contributed by atoms with E-state index in [4.69, 9.17) is 14.6 Å². The first-order valence-corrected chi connectivity index (χ1v) is 5.95. The molecular weight excluding hydrogens is 214 g/mol. The smallest absolute Gasteiger partial charge is 0.139 e. The first kappa shape index (κ1) is 9.31. The minimum absolute atomic E-state index is 0.237. The third-order valence-electron chi connectivity index (χ3n) is 3.92. The lowest BCUT2D eigenvalue weighted by Crippen LogP contribution is -2.43. The molecule has 0 atom stereocenters. The number of nitrogens with two attached hydrogens (primary N) is 1. The van der Waals surface area contributed by atoms with Gasteiger partial charge in [0.1, 0.15) is 11.2 Å². The quantitative estimate of drug-likeness (QED) is 0.692. The summed E-state index contributed by atoms with van der Waals surface area (Å²) in [7, 11) is 0. The van der Waals surface area contributed by atoms with Gasteiger partial charge in [0, 0.05) is 21.9 Å². The summed E-state index contributed by atoms with van der Waals surface area (Å²) in [6.07, 6.45) is 6.66. The summed E-state index contributed by atoms with van der Waals surface area (Å²) in [4.78, 5) is 0. The first-order chi connectivity index (χ1) is 8.28. The van der Waals surface area contributed by atoms with Crippen LogP contribution in [0.2, 0.25) is 0 Å². The highest BCUT2D eigenvalue weighted by Crippen LogP contribution is 2.45. The number of fused-ring (bicyclic) bond motifs is 2. The average molecular weight is 227 g/mol. The molecule has 2 N–H and O–H groups in total. The molecule has 2 aromatic heterocycles. The zero-order chi connectivity index (χ0) is 11.5. The highest BCUT2D eigenvalue weighted by Gasteiger charge is 2.38. The standard InChI is InChI=1S/C14H13NO2/c15-14(4-1-5-14)12-10-3-7-16-11(10)8-9-2-6-17-13(9)12/h2-3,6-8H,1,4-5,15H2. The largest absolute Gasteiger partial charge is 0.464 e. The number of rotatable bonds is 1. The molecule has 4 rings (SSSR count). The van der Waals surface area contributed by atoms with Crippen molar-refractivity contribution in [2.45, 2.75) is 24.8 Å². The van der Waals surface area contributed by atoms with Crippen LogP contribution in [0, 0.1) is 0 Å². The molecule has 1 aromatic carbocycles. The topological polar surface area (TPSA) is 52.3 Å². The van der Waals surface area contributed by atoms with Crippen molar-refractivity contribution in [3.8, 4) is 0 Å². The van der Waals surface area contributed by atoms with Crippen LogP contribution in [0.15, 0.2) is 39.6 Å². The fourth-order valence-electron chi connectivity index (χ4n) is 2.84. The third-order valence-corrected chi connectivity index (χ3v) is 3.92. The van der Waals surface area contributed by atoms with Crippen LogP contribution in [0.5, 0.6) is 0 Å². The monoisotopic (exact) mass is 227 g/mol. The molecule has 1 saturated carbocycles. The Balaban J connectivity index is 2.19. The Morgan fingerprint density at radius 2 is 1.94 bits per heavy atom. The summed E-state index contributed by atoms with van der Waals surface area (Å²) in [6.45, 7) is 0. The van der Waals surface area contributed by atoms with Gasteiger partial charge in [-0.3, -0.25) is 0 Å². The zero-order valence-corrected chi connectivity index (χ0v) is 9.40. The Morgan fingerprint density at radius 3 is 2.71 bits per heavy atom.